The maximum atomic E-state index is 13.6. The molecule has 2 unspecified atom stereocenters. The van der Waals surface area contributed by atoms with Gasteiger partial charge in [0.15, 0.2) is 0 Å². The number of β-lactam (4-membered cyclic amide) rings is 1. The van der Waals surface area contributed by atoms with Gasteiger partial charge in [-0.1, -0.05) is 36.4 Å². The molecule has 7 heteroatoms. The number of rotatable bonds is 3. The number of nitrogens with one attached hydrogen (secondary N) is 1. The summed E-state index contributed by atoms with van der Waals surface area (Å²) in [6, 6.07) is 12.4. The molecule has 2 fully saturated rings. The first-order chi connectivity index (χ1) is 16.3. The molecule has 3 aliphatic rings. The number of carbonyl (C=O) groups excluding carboxylic acids is 2. The number of benzene rings is 2. The topological polar surface area (TPSA) is 72.9 Å². The van der Waals surface area contributed by atoms with Crippen molar-refractivity contribution in [1.29, 1.82) is 0 Å². The van der Waals surface area contributed by atoms with Crippen LogP contribution in [0.4, 0.5) is 14.9 Å². The number of urea groups is 1. The predicted molar refractivity (Wildman–Crippen MR) is 128 cm³/mol. The lowest BCUT2D eigenvalue weighted by molar-refractivity contribution is -0.144. The first-order valence-electron chi connectivity index (χ1n) is 11.6. The third-order valence-electron chi connectivity index (χ3n) is 7.33. The number of anilines is 1. The van der Waals surface area contributed by atoms with E-state index in [9.17, 15) is 19.1 Å². The van der Waals surface area contributed by atoms with Crippen molar-refractivity contribution in [1.82, 2.24) is 10.2 Å². The maximum Gasteiger partial charge on any atom is 0.318 e. The highest BCUT2D eigenvalue weighted by atomic mass is 19.1. The van der Waals surface area contributed by atoms with Gasteiger partial charge in [0.2, 0.25) is 5.91 Å². The zero-order valence-electron chi connectivity index (χ0n) is 19.1. The van der Waals surface area contributed by atoms with E-state index >= 15 is 0 Å². The van der Waals surface area contributed by atoms with Gasteiger partial charge in [-0.25, -0.2) is 9.18 Å². The summed E-state index contributed by atoms with van der Waals surface area (Å²) in [5, 5.41) is 12.9. The molecule has 1 aliphatic carbocycles. The average molecular weight is 462 g/mol. The smallest absolute Gasteiger partial charge is 0.318 e. The first kappa shape index (κ1) is 22.2. The minimum Gasteiger partial charge on any atom is -0.508 e. The van der Waals surface area contributed by atoms with Crippen molar-refractivity contribution in [3.8, 4) is 5.75 Å². The van der Waals surface area contributed by atoms with Crippen LogP contribution in [0.1, 0.15) is 37.8 Å². The maximum absolute atomic E-state index is 13.6. The van der Waals surface area contributed by atoms with Gasteiger partial charge in [0.1, 0.15) is 11.6 Å². The van der Waals surface area contributed by atoms with E-state index < -0.39 is 11.0 Å². The fraction of sp³-hybridized carbons (Fsp3) is 0.333. The molecule has 34 heavy (non-hydrogen) atoms. The highest BCUT2D eigenvalue weighted by Crippen LogP contribution is 2.57. The van der Waals surface area contributed by atoms with Crippen LogP contribution in [0.2, 0.25) is 0 Å². The van der Waals surface area contributed by atoms with Crippen LogP contribution in [-0.4, -0.2) is 40.6 Å². The van der Waals surface area contributed by atoms with Gasteiger partial charge in [-0.2, -0.15) is 0 Å². The number of phenols is 1. The Bertz CT molecular complexity index is 1150. The lowest BCUT2D eigenvalue weighted by atomic mass is 9.62. The van der Waals surface area contributed by atoms with Gasteiger partial charge in [0.25, 0.3) is 0 Å². The number of halogens is 1. The number of hydrogen-bond acceptors (Lipinski definition) is 3. The van der Waals surface area contributed by atoms with Crippen LogP contribution in [-0.2, 0) is 4.79 Å². The van der Waals surface area contributed by atoms with Crippen LogP contribution >= 0.6 is 0 Å². The minimum absolute atomic E-state index is 0.00967. The zero-order chi connectivity index (χ0) is 23.9. The molecule has 5 rings (SSSR count). The lowest BCUT2D eigenvalue weighted by Crippen LogP contribution is -2.67. The molecule has 2 N–H and O–H groups in total. The van der Waals surface area contributed by atoms with E-state index in [1.807, 2.05) is 43.4 Å². The molecule has 2 heterocycles. The molecule has 2 aromatic carbocycles. The van der Waals surface area contributed by atoms with E-state index in [1.165, 1.54) is 12.1 Å². The normalized spacial score (nSPS) is 25.4. The van der Waals surface area contributed by atoms with Crippen LogP contribution in [0.25, 0.3) is 0 Å². The molecule has 176 valence electrons. The molecule has 2 atom stereocenters. The fourth-order valence-electron chi connectivity index (χ4n) is 5.39. The largest absolute Gasteiger partial charge is 0.508 e. The number of aromatic hydroxyl groups is 1. The van der Waals surface area contributed by atoms with Crippen LogP contribution < -0.4 is 10.2 Å². The van der Waals surface area contributed by atoms with Crippen LogP contribution in [0.3, 0.4) is 0 Å². The highest BCUT2D eigenvalue weighted by molar-refractivity contribution is 6.06. The molecule has 0 radical (unpaired) electrons. The van der Waals surface area contributed by atoms with Crippen molar-refractivity contribution in [2.24, 2.45) is 5.41 Å². The standard InChI is InChI=1S/C27H28FN3O3/c1-26(13-3-2-4-14-26)29-25(34)30-17-15-27(16-18-30)23(19-5-11-22(32)12-6-19)31(24(27)33)21-9-7-20(28)8-10-21/h2-13,23,32H,14-18H2,1H3,(H,29,34). The number of hydrogen-bond donors (Lipinski definition) is 2. The number of allylic oxidation sites excluding steroid dienone is 2. The highest BCUT2D eigenvalue weighted by Gasteiger charge is 2.62. The summed E-state index contributed by atoms with van der Waals surface area (Å²) in [5.74, 6) is -0.211. The van der Waals surface area contributed by atoms with E-state index in [0.717, 1.165) is 12.0 Å². The number of likely N-dealkylation sites (tertiary alicyclic amines) is 1. The molecule has 2 aliphatic heterocycles. The molecule has 2 aromatic rings. The molecule has 2 saturated heterocycles. The second-order valence-electron chi connectivity index (χ2n) is 9.63. The molecule has 0 saturated carbocycles. The van der Waals surface area contributed by atoms with Crippen molar-refractivity contribution in [3.63, 3.8) is 0 Å². The SMILES string of the molecule is CC1(NC(=O)N2CCC3(CC2)C(=O)N(c2ccc(F)cc2)C3c2ccc(O)cc2)C=CC=CC1. The monoisotopic (exact) mass is 461 g/mol. The molecular weight excluding hydrogens is 433 g/mol. The summed E-state index contributed by atoms with van der Waals surface area (Å²) in [6.07, 6.45) is 9.74. The molecule has 1 spiro atoms. The number of amides is 3. The molecule has 6 nitrogen and oxygen atoms in total. The predicted octanol–water partition coefficient (Wildman–Crippen LogP) is 4.69. The van der Waals surface area contributed by atoms with E-state index in [2.05, 4.69) is 5.32 Å². The lowest BCUT2D eigenvalue weighted by Gasteiger charge is -2.59. The Morgan fingerprint density at radius 1 is 1.06 bits per heavy atom. The van der Waals surface area contributed by atoms with Gasteiger partial charge >= 0.3 is 6.03 Å². The van der Waals surface area contributed by atoms with Crippen molar-refractivity contribution in [3.05, 3.63) is 84.2 Å². The zero-order valence-corrected chi connectivity index (χ0v) is 19.1. The van der Waals surface area contributed by atoms with E-state index in [1.54, 1.807) is 34.1 Å². The van der Waals surface area contributed by atoms with Gasteiger partial charge in [0, 0.05) is 18.8 Å². The Balaban J connectivity index is 1.36. The third-order valence-corrected chi connectivity index (χ3v) is 7.33. The Kier molecular flexibility index (Phi) is 5.42. The first-order valence-corrected chi connectivity index (χ1v) is 11.6. The van der Waals surface area contributed by atoms with Crippen molar-refractivity contribution < 1.29 is 19.1 Å². The Hall–Kier alpha value is -3.61. The fourth-order valence-corrected chi connectivity index (χ4v) is 5.39. The van der Waals surface area contributed by atoms with E-state index in [4.69, 9.17) is 0 Å². The van der Waals surface area contributed by atoms with Gasteiger partial charge < -0.3 is 20.2 Å². The summed E-state index contributed by atoms with van der Waals surface area (Å²) in [7, 11) is 0. The van der Waals surface area contributed by atoms with E-state index in [-0.39, 0.29) is 29.5 Å². The number of carbonyl (C=O) groups is 2. The Morgan fingerprint density at radius 2 is 1.74 bits per heavy atom. The summed E-state index contributed by atoms with van der Waals surface area (Å²) in [4.78, 5) is 30.0. The molecule has 3 amide bonds. The summed E-state index contributed by atoms with van der Waals surface area (Å²) < 4.78 is 13.5. The summed E-state index contributed by atoms with van der Waals surface area (Å²) in [5.41, 5.74) is 0.493. The average Bonchev–Trinajstić information content (AvgIpc) is 2.84. The second kappa shape index (κ2) is 8.31. The molecular formula is C27H28FN3O3. The van der Waals surface area contributed by atoms with Crippen LogP contribution in [0.5, 0.6) is 5.75 Å². The number of nitrogens with zero attached hydrogens (tertiary/aromatic N) is 2. The molecule has 0 bridgehead atoms. The number of piperidine rings is 1. The third kappa shape index (κ3) is 3.75. The van der Waals surface area contributed by atoms with Crippen molar-refractivity contribution in [2.75, 3.05) is 18.0 Å². The Morgan fingerprint density at radius 3 is 2.35 bits per heavy atom. The van der Waals surface area contributed by atoms with Gasteiger partial charge in [0.05, 0.1) is 17.0 Å². The minimum atomic E-state index is -0.639. The Labute approximate surface area is 198 Å². The van der Waals surface area contributed by atoms with Crippen LogP contribution in [0, 0.1) is 11.2 Å². The van der Waals surface area contributed by atoms with Crippen LogP contribution in [0.15, 0.2) is 72.8 Å². The second-order valence-corrected chi connectivity index (χ2v) is 9.63. The van der Waals surface area contributed by atoms with Gasteiger partial charge in [-0.05, 0) is 68.1 Å². The van der Waals surface area contributed by atoms with E-state index in [0.29, 0.717) is 31.6 Å². The summed E-state index contributed by atoms with van der Waals surface area (Å²) in [6.45, 7) is 2.94. The summed E-state index contributed by atoms with van der Waals surface area (Å²) >= 11 is 0. The quantitative estimate of drug-likeness (QED) is 0.652. The van der Waals surface area contributed by atoms with Gasteiger partial charge in [-0.15, -0.1) is 0 Å². The molecule has 0 aromatic heterocycles. The number of phenolic OH excluding ortho intramolecular Hbond substituents is 1. The van der Waals surface area contributed by atoms with Crippen molar-refractivity contribution >= 4 is 17.6 Å². The van der Waals surface area contributed by atoms with Gasteiger partial charge in [-0.3, -0.25) is 4.79 Å². The van der Waals surface area contributed by atoms with Crippen molar-refractivity contribution in [2.45, 2.75) is 37.8 Å².